The molecule has 0 aliphatic heterocycles. The van der Waals surface area contributed by atoms with E-state index in [9.17, 15) is 8.42 Å². The van der Waals surface area contributed by atoms with Gasteiger partial charge in [-0.3, -0.25) is 0 Å². The zero-order valence-electron chi connectivity index (χ0n) is 13.3. The average molecular weight is 328 g/mol. The van der Waals surface area contributed by atoms with Gasteiger partial charge < -0.3 is 4.98 Å². The first-order chi connectivity index (χ1) is 11.0. The van der Waals surface area contributed by atoms with Crippen LogP contribution in [0, 0.1) is 13.8 Å². The van der Waals surface area contributed by atoms with Crippen molar-refractivity contribution in [3.63, 3.8) is 0 Å². The first-order valence-electron chi connectivity index (χ1n) is 7.59. The highest BCUT2D eigenvalue weighted by molar-refractivity contribution is 7.89. The molecule has 0 fully saturated rings. The monoisotopic (exact) mass is 328 g/mol. The molecule has 0 spiro atoms. The van der Waals surface area contributed by atoms with Crippen molar-refractivity contribution in [1.82, 2.24) is 9.71 Å². The van der Waals surface area contributed by atoms with Crippen molar-refractivity contribution >= 4 is 20.9 Å². The summed E-state index contributed by atoms with van der Waals surface area (Å²) >= 11 is 0. The number of aryl methyl sites for hydroxylation is 2. The second-order valence-electron chi connectivity index (χ2n) is 5.79. The summed E-state index contributed by atoms with van der Waals surface area (Å²) in [6.07, 6.45) is 2.56. The molecule has 0 amide bonds. The third-order valence-electron chi connectivity index (χ3n) is 4.11. The molecule has 2 aromatic carbocycles. The topological polar surface area (TPSA) is 62.0 Å². The van der Waals surface area contributed by atoms with Gasteiger partial charge in [-0.15, -0.1) is 0 Å². The molecule has 4 nitrogen and oxygen atoms in total. The molecule has 3 aromatic rings. The summed E-state index contributed by atoms with van der Waals surface area (Å²) in [5.41, 5.74) is 4.26. The number of nitrogens with one attached hydrogen (secondary N) is 2. The normalized spacial score (nSPS) is 11.9. The Kier molecular flexibility index (Phi) is 4.24. The predicted octanol–water partition coefficient (Wildman–Crippen LogP) is 3.31. The maximum Gasteiger partial charge on any atom is 0.240 e. The molecule has 0 unspecified atom stereocenters. The van der Waals surface area contributed by atoms with Gasteiger partial charge >= 0.3 is 0 Å². The van der Waals surface area contributed by atoms with Gasteiger partial charge in [-0.2, -0.15) is 0 Å². The first-order valence-corrected chi connectivity index (χ1v) is 9.07. The van der Waals surface area contributed by atoms with Crippen molar-refractivity contribution < 1.29 is 8.42 Å². The molecule has 3 rings (SSSR count). The van der Waals surface area contributed by atoms with Crippen molar-refractivity contribution in [3.8, 4) is 0 Å². The number of H-pyrrole nitrogens is 1. The maximum atomic E-state index is 12.3. The van der Waals surface area contributed by atoms with Gasteiger partial charge in [-0.05, 0) is 72.7 Å². The van der Waals surface area contributed by atoms with Gasteiger partial charge in [0.05, 0.1) is 4.90 Å². The Morgan fingerprint density at radius 1 is 1.00 bits per heavy atom. The van der Waals surface area contributed by atoms with Crippen LogP contribution in [0.5, 0.6) is 0 Å². The maximum absolute atomic E-state index is 12.3. The van der Waals surface area contributed by atoms with E-state index in [0.717, 1.165) is 27.6 Å². The Hall–Kier alpha value is -2.11. The van der Waals surface area contributed by atoms with Crippen LogP contribution in [0.4, 0.5) is 0 Å². The second-order valence-corrected chi connectivity index (χ2v) is 7.56. The molecule has 2 N–H and O–H groups in total. The van der Waals surface area contributed by atoms with Crippen LogP contribution in [-0.4, -0.2) is 19.9 Å². The summed E-state index contributed by atoms with van der Waals surface area (Å²) in [5.74, 6) is 0. The van der Waals surface area contributed by atoms with Crippen molar-refractivity contribution in [2.45, 2.75) is 25.2 Å². The summed E-state index contributed by atoms with van der Waals surface area (Å²) in [6.45, 7) is 4.27. The summed E-state index contributed by atoms with van der Waals surface area (Å²) in [7, 11) is -3.46. The van der Waals surface area contributed by atoms with Gasteiger partial charge in [0.15, 0.2) is 0 Å². The molecule has 0 saturated heterocycles. The zero-order valence-corrected chi connectivity index (χ0v) is 14.1. The van der Waals surface area contributed by atoms with Gasteiger partial charge in [-0.1, -0.05) is 12.1 Å². The summed E-state index contributed by atoms with van der Waals surface area (Å²) in [5, 5.41) is 1.14. The molecule has 0 saturated carbocycles. The Morgan fingerprint density at radius 2 is 1.83 bits per heavy atom. The Balaban J connectivity index is 1.67. The minimum atomic E-state index is -3.46. The number of fused-ring (bicyclic) bond motifs is 1. The quantitative estimate of drug-likeness (QED) is 0.755. The van der Waals surface area contributed by atoms with Crippen LogP contribution >= 0.6 is 0 Å². The lowest BCUT2D eigenvalue weighted by Crippen LogP contribution is -2.26. The minimum Gasteiger partial charge on any atom is -0.361 e. The fourth-order valence-electron chi connectivity index (χ4n) is 2.55. The zero-order chi connectivity index (χ0) is 16.4. The van der Waals surface area contributed by atoms with Crippen LogP contribution in [-0.2, 0) is 16.4 Å². The van der Waals surface area contributed by atoms with Gasteiger partial charge in [0, 0.05) is 18.3 Å². The van der Waals surface area contributed by atoms with E-state index in [4.69, 9.17) is 0 Å². The third-order valence-corrected chi connectivity index (χ3v) is 5.57. The van der Waals surface area contributed by atoms with Gasteiger partial charge in [0.25, 0.3) is 0 Å². The largest absolute Gasteiger partial charge is 0.361 e. The molecule has 5 heteroatoms. The molecule has 0 atom stereocenters. The van der Waals surface area contributed by atoms with Gasteiger partial charge in [-0.25, -0.2) is 13.1 Å². The Morgan fingerprint density at radius 3 is 2.61 bits per heavy atom. The van der Waals surface area contributed by atoms with E-state index in [-0.39, 0.29) is 0 Å². The van der Waals surface area contributed by atoms with E-state index in [2.05, 4.69) is 15.8 Å². The highest BCUT2D eigenvalue weighted by Gasteiger charge is 2.14. The van der Waals surface area contributed by atoms with Crippen LogP contribution in [0.3, 0.4) is 0 Å². The molecule has 0 aliphatic rings. The average Bonchev–Trinajstić information content (AvgIpc) is 2.97. The highest BCUT2D eigenvalue weighted by Crippen LogP contribution is 2.16. The van der Waals surface area contributed by atoms with Crippen LogP contribution in [0.2, 0.25) is 0 Å². The SMILES string of the molecule is Cc1ccc(S(=O)(=O)NCCc2ccc3[nH]ccc3c2)cc1C. The van der Waals surface area contributed by atoms with Gasteiger partial charge in [0.2, 0.25) is 10.0 Å². The van der Waals surface area contributed by atoms with Crippen molar-refractivity contribution in [3.05, 3.63) is 65.4 Å². The number of benzene rings is 2. The molecule has 0 bridgehead atoms. The van der Waals surface area contributed by atoms with E-state index in [1.165, 1.54) is 0 Å². The second kappa shape index (κ2) is 6.18. The minimum absolute atomic E-state index is 0.321. The van der Waals surface area contributed by atoms with Gasteiger partial charge in [0.1, 0.15) is 0 Å². The molecule has 120 valence electrons. The fraction of sp³-hybridized carbons (Fsp3) is 0.222. The molecule has 0 radical (unpaired) electrons. The Labute approximate surface area is 136 Å². The lowest BCUT2D eigenvalue weighted by Gasteiger charge is -2.09. The number of aromatic nitrogens is 1. The van der Waals surface area contributed by atoms with E-state index >= 15 is 0 Å². The molecule has 1 aromatic heterocycles. The van der Waals surface area contributed by atoms with Crippen LogP contribution in [0.1, 0.15) is 16.7 Å². The van der Waals surface area contributed by atoms with E-state index in [0.29, 0.717) is 17.9 Å². The molecule has 23 heavy (non-hydrogen) atoms. The molecular weight excluding hydrogens is 308 g/mol. The van der Waals surface area contributed by atoms with Crippen molar-refractivity contribution in [2.75, 3.05) is 6.54 Å². The fourth-order valence-corrected chi connectivity index (χ4v) is 3.67. The summed E-state index contributed by atoms with van der Waals surface area (Å²) < 4.78 is 27.4. The first kappa shape index (κ1) is 15.8. The highest BCUT2D eigenvalue weighted by atomic mass is 32.2. The number of rotatable bonds is 5. The van der Waals surface area contributed by atoms with Crippen molar-refractivity contribution in [2.24, 2.45) is 0 Å². The molecule has 0 aliphatic carbocycles. The standard InChI is InChI=1S/C18H20N2O2S/c1-13-3-5-17(11-14(13)2)23(21,22)20-10-7-15-4-6-18-16(12-15)8-9-19-18/h3-6,8-9,11-12,19-20H,7,10H2,1-2H3. The predicted molar refractivity (Wildman–Crippen MR) is 93.1 cm³/mol. The number of hydrogen-bond acceptors (Lipinski definition) is 2. The molecule has 1 heterocycles. The van der Waals surface area contributed by atoms with Crippen LogP contribution in [0.15, 0.2) is 53.6 Å². The number of sulfonamides is 1. The third kappa shape index (κ3) is 3.46. The van der Waals surface area contributed by atoms with Crippen LogP contribution in [0.25, 0.3) is 10.9 Å². The lowest BCUT2D eigenvalue weighted by atomic mass is 10.1. The number of aromatic amines is 1. The summed E-state index contributed by atoms with van der Waals surface area (Å²) in [4.78, 5) is 3.47. The smallest absolute Gasteiger partial charge is 0.240 e. The van der Waals surface area contributed by atoms with Crippen molar-refractivity contribution in [1.29, 1.82) is 0 Å². The lowest BCUT2D eigenvalue weighted by molar-refractivity contribution is 0.581. The molecular formula is C18H20N2O2S. The van der Waals surface area contributed by atoms with E-state index in [1.54, 1.807) is 12.1 Å². The van der Waals surface area contributed by atoms with E-state index < -0.39 is 10.0 Å². The van der Waals surface area contributed by atoms with E-state index in [1.807, 2.05) is 44.3 Å². The Bertz CT molecular complexity index is 943. The number of hydrogen-bond donors (Lipinski definition) is 2. The van der Waals surface area contributed by atoms with Crippen LogP contribution < -0.4 is 4.72 Å². The summed E-state index contributed by atoms with van der Waals surface area (Å²) in [6, 6.07) is 13.3.